The van der Waals surface area contributed by atoms with Crippen LogP contribution in [0.4, 0.5) is 18.9 Å². The smallest absolute Gasteiger partial charge is 0.397 e. The summed E-state index contributed by atoms with van der Waals surface area (Å²) < 4.78 is 36.6. The Morgan fingerprint density at radius 2 is 2.17 bits per heavy atom. The summed E-state index contributed by atoms with van der Waals surface area (Å²) in [7, 11) is 0. The minimum absolute atomic E-state index is 0.0795. The van der Waals surface area contributed by atoms with Crippen molar-refractivity contribution in [2.45, 2.75) is 25.1 Å². The van der Waals surface area contributed by atoms with Crippen LogP contribution in [0.1, 0.15) is 23.3 Å². The summed E-state index contributed by atoms with van der Waals surface area (Å²) in [6.45, 7) is 0. The third-order valence-corrected chi connectivity index (χ3v) is 2.60. The number of Topliss-reactive ketones (excluding diaryl/α,β-unsaturated/α-hetero) is 1. The first-order valence-corrected chi connectivity index (χ1v) is 5.70. The minimum Gasteiger partial charge on any atom is -0.397 e. The summed E-state index contributed by atoms with van der Waals surface area (Å²) in [5, 5.41) is 8.76. The molecule has 0 saturated carbocycles. The summed E-state index contributed by atoms with van der Waals surface area (Å²) in [4.78, 5) is 15.3. The lowest BCUT2D eigenvalue weighted by Crippen LogP contribution is -2.29. The van der Waals surface area contributed by atoms with Crippen molar-refractivity contribution in [3.8, 4) is 0 Å². The van der Waals surface area contributed by atoms with E-state index in [0.29, 0.717) is 4.47 Å². The molecular weight excluding hydrogens is 317 g/mol. The van der Waals surface area contributed by atoms with Crippen LogP contribution in [0.15, 0.2) is 16.7 Å². The van der Waals surface area contributed by atoms with E-state index in [2.05, 4.69) is 20.9 Å². The molecular formula is C10H10BrF3N2O2. The number of anilines is 1. The molecule has 0 spiro atoms. The SMILES string of the molecule is Nc1cc(Br)cnc1C(=O)CCC(O)C(F)(F)F. The number of carbonyl (C=O) groups excluding carboxylic acids is 1. The zero-order valence-electron chi connectivity index (χ0n) is 9.04. The van der Waals surface area contributed by atoms with Crippen molar-refractivity contribution in [1.29, 1.82) is 0 Å². The van der Waals surface area contributed by atoms with Gasteiger partial charge in [0.1, 0.15) is 11.8 Å². The lowest BCUT2D eigenvalue weighted by molar-refractivity contribution is -0.204. The van der Waals surface area contributed by atoms with E-state index in [1.807, 2.05) is 0 Å². The van der Waals surface area contributed by atoms with Crippen LogP contribution >= 0.6 is 15.9 Å². The number of nitrogens with two attached hydrogens (primary N) is 1. The van der Waals surface area contributed by atoms with Gasteiger partial charge in [-0.2, -0.15) is 13.2 Å². The van der Waals surface area contributed by atoms with Crippen LogP contribution in [0.2, 0.25) is 0 Å². The Balaban J connectivity index is 2.66. The van der Waals surface area contributed by atoms with Gasteiger partial charge in [-0.25, -0.2) is 4.98 Å². The van der Waals surface area contributed by atoms with E-state index in [-0.39, 0.29) is 11.4 Å². The quantitative estimate of drug-likeness (QED) is 0.832. The Labute approximate surface area is 109 Å². The molecule has 0 bridgehead atoms. The number of aliphatic hydroxyl groups is 1. The lowest BCUT2D eigenvalue weighted by atomic mass is 10.1. The minimum atomic E-state index is -4.72. The molecule has 0 aromatic carbocycles. The first-order chi connectivity index (χ1) is 8.21. The number of nitrogen functional groups attached to an aromatic ring is 1. The van der Waals surface area contributed by atoms with Crippen LogP contribution in [-0.2, 0) is 0 Å². The Bertz CT molecular complexity index is 451. The fourth-order valence-corrected chi connectivity index (χ4v) is 1.59. The topological polar surface area (TPSA) is 76.2 Å². The molecule has 18 heavy (non-hydrogen) atoms. The van der Waals surface area contributed by atoms with Crippen molar-refractivity contribution in [2.24, 2.45) is 0 Å². The Kier molecular flexibility index (Phi) is 4.69. The second-order valence-electron chi connectivity index (χ2n) is 3.61. The number of aromatic nitrogens is 1. The van der Waals surface area contributed by atoms with Crippen molar-refractivity contribution in [1.82, 2.24) is 4.98 Å². The van der Waals surface area contributed by atoms with Crippen molar-refractivity contribution in [2.75, 3.05) is 5.73 Å². The van der Waals surface area contributed by atoms with Gasteiger partial charge in [-0.15, -0.1) is 0 Å². The molecule has 1 heterocycles. The predicted molar refractivity (Wildman–Crippen MR) is 62.0 cm³/mol. The Hall–Kier alpha value is -1.15. The van der Waals surface area contributed by atoms with E-state index in [1.54, 1.807) is 0 Å². The molecule has 0 saturated heterocycles. The summed E-state index contributed by atoms with van der Waals surface area (Å²) in [5.41, 5.74) is 5.51. The number of aliphatic hydroxyl groups excluding tert-OH is 1. The summed E-state index contributed by atoms with van der Waals surface area (Å²) in [5.74, 6) is -0.636. The van der Waals surface area contributed by atoms with Gasteiger partial charge in [0.05, 0.1) is 5.69 Å². The molecule has 0 aliphatic carbocycles. The van der Waals surface area contributed by atoms with E-state index in [1.165, 1.54) is 12.3 Å². The van der Waals surface area contributed by atoms with E-state index < -0.39 is 30.9 Å². The Morgan fingerprint density at radius 1 is 1.56 bits per heavy atom. The largest absolute Gasteiger partial charge is 0.414 e. The number of carbonyl (C=O) groups is 1. The highest BCUT2D eigenvalue weighted by Gasteiger charge is 2.38. The molecule has 0 aliphatic heterocycles. The molecule has 1 unspecified atom stereocenters. The maximum atomic E-state index is 12.0. The van der Waals surface area contributed by atoms with Gasteiger partial charge in [-0.1, -0.05) is 0 Å². The van der Waals surface area contributed by atoms with E-state index in [9.17, 15) is 18.0 Å². The highest BCUT2D eigenvalue weighted by atomic mass is 79.9. The lowest BCUT2D eigenvalue weighted by Gasteiger charge is -2.13. The zero-order valence-corrected chi connectivity index (χ0v) is 10.6. The summed E-state index contributed by atoms with van der Waals surface area (Å²) in [6.07, 6.45) is -7.10. The molecule has 1 aromatic rings. The van der Waals surface area contributed by atoms with Crippen molar-refractivity contribution in [3.05, 3.63) is 22.4 Å². The molecule has 0 amide bonds. The number of ketones is 1. The van der Waals surface area contributed by atoms with Gasteiger partial charge in [-0.05, 0) is 28.4 Å². The fourth-order valence-electron chi connectivity index (χ4n) is 1.24. The molecule has 100 valence electrons. The summed E-state index contributed by atoms with van der Waals surface area (Å²) >= 11 is 3.09. The number of rotatable bonds is 4. The van der Waals surface area contributed by atoms with Crippen molar-refractivity contribution < 1.29 is 23.1 Å². The number of halogens is 4. The molecule has 1 rings (SSSR count). The standard InChI is InChI=1S/C10H10BrF3N2O2/c11-5-3-6(15)9(16-4-5)7(17)1-2-8(18)10(12,13)14/h3-4,8,18H,1-2,15H2. The monoisotopic (exact) mass is 326 g/mol. The highest BCUT2D eigenvalue weighted by Crippen LogP contribution is 2.24. The molecule has 0 fully saturated rings. The zero-order chi connectivity index (χ0) is 13.9. The second-order valence-corrected chi connectivity index (χ2v) is 4.53. The van der Waals surface area contributed by atoms with Gasteiger partial charge in [0.15, 0.2) is 5.78 Å². The van der Waals surface area contributed by atoms with Crippen molar-refractivity contribution >= 4 is 27.4 Å². The van der Waals surface area contributed by atoms with Gasteiger partial charge in [0.25, 0.3) is 0 Å². The van der Waals surface area contributed by atoms with Gasteiger partial charge in [0, 0.05) is 17.1 Å². The Morgan fingerprint density at radius 3 is 2.67 bits per heavy atom. The highest BCUT2D eigenvalue weighted by molar-refractivity contribution is 9.10. The van der Waals surface area contributed by atoms with Crippen molar-refractivity contribution in [3.63, 3.8) is 0 Å². The van der Waals surface area contributed by atoms with E-state index >= 15 is 0 Å². The predicted octanol–water partition coefficient (Wildman–Crippen LogP) is 2.31. The average molecular weight is 327 g/mol. The van der Waals surface area contributed by atoms with E-state index in [4.69, 9.17) is 10.8 Å². The third-order valence-electron chi connectivity index (χ3n) is 2.17. The first kappa shape index (κ1) is 14.9. The summed E-state index contributed by atoms with van der Waals surface area (Å²) in [6, 6.07) is 1.43. The normalized spacial score (nSPS) is 13.4. The van der Waals surface area contributed by atoms with Crippen LogP contribution in [0.3, 0.4) is 0 Å². The molecule has 4 nitrogen and oxygen atoms in total. The van der Waals surface area contributed by atoms with Crippen LogP contribution in [0, 0.1) is 0 Å². The maximum absolute atomic E-state index is 12.0. The molecule has 0 aliphatic rings. The van der Waals surface area contributed by atoms with E-state index in [0.717, 1.165) is 0 Å². The molecule has 1 atom stereocenters. The average Bonchev–Trinajstić information content (AvgIpc) is 2.24. The number of nitrogens with zero attached hydrogens (tertiary/aromatic N) is 1. The van der Waals surface area contributed by atoms with Crippen LogP contribution in [-0.4, -0.2) is 28.2 Å². The fraction of sp³-hybridized carbons (Fsp3) is 0.400. The second kappa shape index (κ2) is 5.66. The number of hydrogen-bond donors (Lipinski definition) is 2. The maximum Gasteiger partial charge on any atom is 0.414 e. The molecule has 0 radical (unpaired) electrons. The third kappa shape index (κ3) is 3.95. The van der Waals surface area contributed by atoms with Gasteiger partial charge in [-0.3, -0.25) is 4.79 Å². The number of hydrogen-bond acceptors (Lipinski definition) is 4. The molecule has 8 heteroatoms. The van der Waals surface area contributed by atoms with Crippen LogP contribution < -0.4 is 5.73 Å². The number of alkyl halides is 3. The van der Waals surface area contributed by atoms with Crippen LogP contribution in [0.25, 0.3) is 0 Å². The van der Waals surface area contributed by atoms with Crippen LogP contribution in [0.5, 0.6) is 0 Å². The van der Waals surface area contributed by atoms with Gasteiger partial charge < -0.3 is 10.8 Å². The van der Waals surface area contributed by atoms with Gasteiger partial charge in [0.2, 0.25) is 0 Å². The molecule has 3 N–H and O–H groups in total. The first-order valence-electron chi connectivity index (χ1n) is 4.91. The number of pyridine rings is 1. The van der Waals surface area contributed by atoms with Gasteiger partial charge >= 0.3 is 6.18 Å². The molecule has 1 aromatic heterocycles.